The Hall–Kier alpha value is -1.34. The van der Waals surface area contributed by atoms with Gasteiger partial charge in [-0.3, -0.25) is 4.90 Å². The lowest BCUT2D eigenvalue weighted by Crippen LogP contribution is -2.54. The summed E-state index contributed by atoms with van der Waals surface area (Å²) in [6, 6.07) is 3.03. The molecule has 1 aliphatic rings. The Bertz CT molecular complexity index is 633. The van der Waals surface area contributed by atoms with Crippen LogP contribution in [0, 0.1) is 5.82 Å². The second kappa shape index (κ2) is 7.91. The SMILES string of the molecule is COc1ccc(F)c(Br)c1CN1CCN(C(=O)OC(C)(C)C)C(C)C1. The summed E-state index contributed by atoms with van der Waals surface area (Å²) >= 11 is 3.32. The van der Waals surface area contributed by atoms with Crippen molar-refractivity contribution in [1.29, 1.82) is 0 Å². The molecule has 1 aromatic carbocycles. The van der Waals surface area contributed by atoms with Gasteiger partial charge in [0, 0.05) is 37.8 Å². The van der Waals surface area contributed by atoms with E-state index in [9.17, 15) is 9.18 Å². The highest BCUT2D eigenvalue weighted by molar-refractivity contribution is 9.10. The molecule has 7 heteroatoms. The van der Waals surface area contributed by atoms with E-state index in [2.05, 4.69) is 20.8 Å². The molecule has 25 heavy (non-hydrogen) atoms. The van der Waals surface area contributed by atoms with E-state index in [1.54, 1.807) is 18.1 Å². The van der Waals surface area contributed by atoms with Crippen LogP contribution < -0.4 is 4.74 Å². The molecule has 1 unspecified atom stereocenters. The van der Waals surface area contributed by atoms with Crippen LogP contribution in [0.2, 0.25) is 0 Å². The molecule has 2 rings (SSSR count). The number of carbonyl (C=O) groups excluding carboxylic acids is 1. The molecule has 1 amide bonds. The van der Waals surface area contributed by atoms with Crippen molar-refractivity contribution < 1.29 is 18.7 Å². The van der Waals surface area contributed by atoms with Gasteiger partial charge in [0.2, 0.25) is 0 Å². The van der Waals surface area contributed by atoms with Crippen molar-refractivity contribution in [3.63, 3.8) is 0 Å². The van der Waals surface area contributed by atoms with Gasteiger partial charge >= 0.3 is 6.09 Å². The predicted molar refractivity (Wildman–Crippen MR) is 98.3 cm³/mol. The lowest BCUT2D eigenvalue weighted by molar-refractivity contribution is 0.000454. The number of amides is 1. The lowest BCUT2D eigenvalue weighted by Gasteiger charge is -2.40. The van der Waals surface area contributed by atoms with Crippen LogP contribution in [0.4, 0.5) is 9.18 Å². The topological polar surface area (TPSA) is 42.0 Å². The van der Waals surface area contributed by atoms with Crippen LogP contribution in [-0.2, 0) is 11.3 Å². The maximum atomic E-state index is 13.9. The summed E-state index contributed by atoms with van der Waals surface area (Å²) in [6.45, 7) is 10.1. The molecule has 1 aromatic rings. The second-order valence-electron chi connectivity index (χ2n) is 7.30. The van der Waals surface area contributed by atoms with Crippen molar-refractivity contribution in [3.8, 4) is 5.75 Å². The molecule has 1 heterocycles. The van der Waals surface area contributed by atoms with Crippen molar-refractivity contribution in [2.45, 2.75) is 45.9 Å². The molecule has 1 atom stereocenters. The molecular weight excluding hydrogens is 391 g/mol. The highest BCUT2D eigenvalue weighted by atomic mass is 79.9. The fourth-order valence-electron chi connectivity index (χ4n) is 2.91. The van der Waals surface area contributed by atoms with Crippen molar-refractivity contribution in [3.05, 3.63) is 28.0 Å². The summed E-state index contributed by atoms with van der Waals surface area (Å²) in [6.07, 6.45) is -0.288. The van der Waals surface area contributed by atoms with Crippen LogP contribution in [0.1, 0.15) is 33.3 Å². The van der Waals surface area contributed by atoms with E-state index in [0.29, 0.717) is 36.4 Å². The molecule has 0 spiro atoms. The molecule has 0 saturated carbocycles. The number of hydrogen-bond acceptors (Lipinski definition) is 4. The Balaban J connectivity index is 2.05. The van der Waals surface area contributed by atoms with Crippen molar-refractivity contribution in [1.82, 2.24) is 9.80 Å². The van der Waals surface area contributed by atoms with Crippen molar-refractivity contribution >= 4 is 22.0 Å². The fraction of sp³-hybridized carbons (Fsp3) is 0.611. The predicted octanol–water partition coefficient (Wildman–Crippen LogP) is 4.04. The highest BCUT2D eigenvalue weighted by Gasteiger charge is 2.31. The molecular formula is C18H26BrFN2O3. The first-order valence-corrected chi connectivity index (χ1v) is 9.14. The number of ether oxygens (including phenoxy) is 2. The summed E-state index contributed by atoms with van der Waals surface area (Å²) in [5.41, 5.74) is 0.272. The summed E-state index contributed by atoms with van der Waals surface area (Å²) in [7, 11) is 1.58. The number of carbonyl (C=O) groups is 1. The average Bonchev–Trinajstić information content (AvgIpc) is 2.50. The molecule has 0 bridgehead atoms. The van der Waals surface area contributed by atoms with E-state index < -0.39 is 5.60 Å². The first-order chi connectivity index (χ1) is 11.6. The molecule has 0 aliphatic carbocycles. The van der Waals surface area contributed by atoms with Gasteiger partial charge in [-0.05, 0) is 55.8 Å². The van der Waals surface area contributed by atoms with Crippen LogP contribution in [0.15, 0.2) is 16.6 Å². The summed E-state index contributed by atoms with van der Waals surface area (Å²) in [5, 5.41) is 0. The molecule has 140 valence electrons. The van der Waals surface area contributed by atoms with E-state index in [-0.39, 0.29) is 18.0 Å². The van der Waals surface area contributed by atoms with Gasteiger partial charge in [0.15, 0.2) is 0 Å². The van der Waals surface area contributed by atoms with Crippen molar-refractivity contribution in [2.75, 3.05) is 26.7 Å². The zero-order valence-corrected chi connectivity index (χ0v) is 17.0. The third-order valence-corrected chi connectivity index (χ3v) is 4.95. The van der Waals surface area contributed by atoms with Gasteiger partial charge < -0.3 is 14.4 Å². The number of methoxy groups -OCH3 is 1. The highest BCUT2D eigenvalue weighted by Crippen LogP contribution is 2.31. The Labute approximate surface area is 157 Å². The first kappa shape index (κ1) is 20.0. The van der Waals surface area contributed by atoms with E-state index in [1.165, 1.54) is 6.07 Å². The number of hydrogen-bond donors (Lipinski definition) is 0. The van der Waals surface area contributed by atoms with Gasteiger partial charge in [-0.2, -0.15) is 0 Å². The molecule has 0 aromatic heterocycles. The maximum absolute atomic E-state index is 13.9. The number of nitrogens with zero attached hydrogens (tertiary/aromatic N) is 2. The number of halogens is 2. The Morgan fingerprint density at radius 3 is 2.60 bits per heavy atom. The normalized spacial score (nSPS) is 19.0. The quantitative estimate of drug-likeness (QED) is 0.745. The molecule has 1 saturated heterocycles. The third-order valence-electron chi connectivity index (χ3n) is 4.09. The smallest absolute Gasteiger partial charge is 0.410 e. The minimum absolute atomic E-state index is 0.0157. The zero-order chi connectivity index (χ0) is 18.8. The molecule has 1 aliphatic heterocycles. The van der Waals surface area contributed by atoms with Gasteiger partial charge in [-0.25, -0.2) is 9.18 Å². The first-order valence-electron chi connectivity index (χ1n) is 8.35. The minimum Gasteiger partial charge on any atom is -0.496 e. The lowest BCUT2D eigenvalue weighted by atomic mass is 10.1. The summed E-state index contributed by atoms with van der Waals surface area (Å²) < 4.78 is 25.1. The summed E-state index contributed by atoms with van der Waals surface area (Å²) in [4.78, 5) is 16.2. The summed E-state index contributed by atoms with van der Waals surface area (Å²) in [5.74, 6) is 0.340. The van der Waals surface area contributed by atoms with E-state index in [1.807, 2.05) is 27.7 Å². The number of piperazine rings is 1. The monoisotopic (exact) mass is 416 g/mol. The van der Waals surface area contributed by atoms with Gasteiger partial charge in [-0.15, -0.1) is 0 Å². The number of rotatable bonds is 3. The average molecular weight is 417 g/mol. The Morgan fingerprint density at radius 2 is 2.04 bits per heavy atom. The standard InChI is InChI=1S/C18H26BrFN2O3/c1-12-10-21(8-9-22(12)17(23)25-18(2,3)4)11-13-15(24-5)7-6-14(20)16(13)19/h6-7,12H,8-11H2,1-5H3. The van der Waals surface area contributed by atoms with Crippen LogP contribution >= 0.6 is 15.9 Å². The second-order valence-corrected chi connectivity index (χ2v) is 8.09. The third kappa shape index (κ3) is 5.07. The maximum Gasteiger partial charge on any atom is 0.410 e. The van der Waals surface area contributed by atoms with Gasteiger partial charge in [-0.1, -0.05) is 0 Å². The van der Waals surface area contributed by atoms with Crippen LogP contribution in [-0.4, -0.2) is 54.3 Å². The Kier molecular flexibility index (Phi) is 6.32. The fourth-order valence-corrected chi connectivity index (χ4v) is 3.36. The van der Waals surface area contributed by atoms with Crippen molar-refractivity contribution in [2.24, 2.45) is 0 Å². The van der Waals surface area contributed by atoms with Crippen LogP contribution in [0.3, 0.4) is 0 Å². The van der Waals surface area contributed by atoms with Gasteiger partial charge in [0.1, 0.15) is 17.2 Å². The molecule has 0 radical (unpaired) electrons. The van der Waals surface area contributed by atoms with Gasteiger partial charge in [0.25, 0.3) is 0 Å². The Morgan fingerprint density at radius 1 is 1.36 bits per heavy atom. The van der Waals surface area contributed by atoms with Crippen LogP contribution in [0.5, 0.6) is 5.75 Å². The largest absolute Gasteiger partial charge is 0.496 e. The number of benzene rings is 1. The molecule has 0 N–H and O–H groups in total. The molecule has 5 nitrogen and oxygen atoms in total. The van der Waals surface area contributed by atoms with Crippen LogP contribution in [0.25, 0.3) is 0 Å². The van der Waals surface area contributed by atoms with E-state index in [0.717, 1.165) is 5.56 Å². The van der Waals surface area contributed by atoms with E-state index >= 15 is 0 Å². The van der Waals surface area contributed by atoms with E-state index in [4.69, 9.17) is 9.47 Å². The van der Waals surface area contributed by atoms with Gasteiger partial charge in [0.05, 0.1) is 11.6 Å². The molecule has 1 fully saturated rings. The minimum atomic E-state index is -0.506. The zero-order valence-electron chi connectivity index (χ0n) is 15.4.